The third-order valence-corrected chi connectivity index (χ3v) is 8.04. The highest BCUT2D eigenvalue weighted by atomic mass is 35.5. The summed E-state index contributed by atoms with van der Waals surface area (Å²) in [7, 11) is 1.58. The Balaban J connectivity index is 1.30. The lowest BCUT2D eigenvalue weighted by molar-refractivity contribution is -0.148. The first-order chi connectivity index (χ1) is 17.8. The summed E-state index contributed by atoms with van der Waals surface area (Å²) in [6, 6.07) is 12.2. The molecule has 1 saturated heterocycles. The second kappa shape index (κ2) is 10.7. The van der Waals surface area contributed by atoms with Gasteiger partial charge >= 0.3 is 5.97 Å². The highest BCUT2D eigenvalue weighted by molar-refractivity contribution is 6.30. The van der Waals surface area contributed by atoms with Gasteiger partial charge in [-0.05, 0) is 66.6 Å². The van der Waals surface area contributed by atoms with Crippen molar-refractivity contribution in [3.05, 3.63) is 58.1 Å². The maximum atomic E-state index is 11.8. The fraction of sp³-hybridized carbons (Fsp3) is 0.464. The van der Waals surface area contributed by atoms with Crippen LogP contribution in [0, 0.1) is 5.92 Å². The molecule has 2 aromatic rings. The lowest BCUT2D eigenvalue weighted by Crippen LogP contribution is -2.47. The van der Waals surface area contributed by atoms with Crippen LogP contribution in [0.1, 0.15) is 54.8 Å². The Labute approximate surface area is 221 Å². The van der Waals surface area contributed by atoms with E-state index in [9.17, 15) is 19.5 Å². The third-order valence-electron chi connectivity index (χ3n) is 7.80. The van der Waals surface area contributed by atoms with E-state index in [2.05, 4.69) is 11.0 Å². The lowest BCUT2D eigenvalue weighted by atomic mass is 9.78. The van der Waals surface area contributed by atoms with Gasteiger partial charge in [-0.3, -0.25) is 24.2 Å². The van der Waals surface area contributed by atoms with Gasteiger partial charge in [0.25, 0.3) is 0 Å². The van der Waals surface area contributed by atoms with Crippen LogP contribution in [0.4, 0.5) is 0 Å². The van der Waals surface area contributed by atoms with E-state index in [0.29, 0.717) is 30.9 Å². The molecule has 196 valence electrons. The Morgan fingerprint density at radius 2 is 1.84 bits per heavy atom. The van der Waals surface area contributed by atoms with E-state index in [4.69, 9.17) is 21.1 Å². The zero-order chi connectivity index (χ0) is 26.1. The molecule has 8 nitrogen and oxygen atoms in total. The normalized spacial score (nSPS) is 22.8. The van der Waals surface area contributed by atoms with E-state index < -0.39 is 5.97 Å². The molecule has 2 fully saturated rings. The number of hydrogen-bond donors (Lipinski definition) is 1. The van der Waals surface area contributed by atoms with Crippen molar-refractivity contribution in [2.75, 3.05) is 20.3 Å². The molecule has 0 aromatic heterocycles. The molecule has 0 radical (unpaired) electrons. The first-order valence-electron chi connectivity index (χ1n) is 12.7. The number of methoxy groups -OCH3 is 1. The van der Waals surface area contributed by atoms with Gasteiger partial charge in [-0.1, -0.05) is 23.7 Å². The molecular weight excluding hydrogens is 496 g/mol. The van der Waals surface area contributed by atoms with Crippen molar-refractivity contribution >= 4 is 29.4 Å². The number of carbonyl (C=O) groups is 3. The fourth-order valence-electron chi connectivity index (χ4n) is 5.72. The molecule has 1 unspecified atom stereocenters. The molecule has 1 N–H and O–H groups in total. The molecule has 5 rings (SSSR count). The minimum atomic E-state index is -0.727. The van der Waals surface area contributed by atoms with Crippen LogP contribution in [0.3, 0.4) is 0 Å². The molecular formula is C28H31ClN2O6. The minimum Gasteiger partial charge on any atom is -0.493 e. The number of aliphatic carboxylic acids is 1. The third kappa shape index (κ3) is 5.31. The number of carboxylic acid groups (broad SMARTS) is 1. The molecule has 37 heavy (non-hydrogen) atoms. The topological polar surface area (TPSA) is 96.4 Å². The molecule has 2 aromatic carbocycles. The average Bonchev–Trinajstić information content (AvgIpc) is 3.40. The molecule has 1 atom stereocenters. The number of ether oxygens (including phenoxy) is 2. The summed E-state index contributed by atoms with van der Waals surface area (Å²) in [6.07, 6.45) is 3.72. The maximum Gasteiger partial charge on any atom is 0.306 e. The number of carboxylic acids is 1. The highest BCUT2D eigenvalue weighted by Crippen LogP contribution is 2.44. The number of likely N-dealkylation sites (tertiary alicyclic amines) is 1. The van der Waals surface area contributed by atoms with Crippen LogP contribution in [0.15, 0.2) is 36.4 Å². The zero-order valence-electron chi connectivity index (χ0n) is 20.8. The Hall–Kier alpha value is -3.10. The monoisotopic (exact) mass is 526 g/mol. The quantitative estimate of drug-likeness (QED) is 0.463. The molecule has 1 heterocycles. The van der Waals surface area contributed by atoms with Crippen molar-refractivity contribution < 1.29 is 29.0 Å². The number of aryl methyl sites for hydroxylation is 1. The second-order valence-electron chi connectivity index (χ2n) is 10.0. The number of amides is 2. The summed E-state index contributed by atoms with van der Waals surface area (Å²) < 4.78 is 11.5. The number of rotatable bonds is 10. The van der Waals surface area contributed by atoms with Crippen LogP contribution in [-0.2, 0) is 27.3 Å². The van der Waals surface area contributed by atoms with E-state index in [0.717, 1.165) is 23.4 Å². The zero-order valence-corrected chi connectivity index (χ0v) is 21.6. The minimum absolute atomic E-state index is 0.159. The summed E-state index contributed by atoms with van der Waals surface area (Å²) in [5.41, 5.74) is 3.56. The second-order valence-corrected chi connectivity index (χ2v) is 10.4. The van der Waals surface area contributed by atoms with E-state index >= 15 is 0 Å². The predicted octanol–water partition coefficient (Wildman–Crippen LogP) is 4.23. The van der Waals surface area contributed by atoms with Crippen molar-refractivity contribution in [1.82, 2.24) is 9.80 Å². The Kier molecular flexibility index (Phi) is 7.40. The number of hydrogen-bond acceptors (Lipinski definition) is 6. The standard InChI is InChI=1S/C28H31ClN2O6/c1-36-25-12-17(2-7-24(25)37-11-10-30-26(32)8-9-27(30)33)16-31(21-14-19(15-21)28(34)35)23-6-3-18-13-20(29)4-5-22(18)23/h2,4-5,7,12-13,19,21,23H,3,6,8-11,14-16H2,1H3,(H,34,35). The Morgan fingerprint density at radius 1 is 1.08 bits per heavy atom. The van der Waals surface area contributed by atoms with E-state index in [-0.39, 0.29) is 55.8 Å². The fourth-order valence-corrected chi connectivity index (χ4v) is 5.92. The van der Waals surface area contributed by atoms with Crippen molar-refractivity contribution in [2.45, 2.75) is 57.2 Å². The van der Waals surface area contributed by atoms with Crippen LogP contribution < -0.4 is 9.47 Å². The largest absolute Gasteiger partial charge is 0.493 e. The Morgan fingerprint density at radius 3 is 2.54 bits per heavy atom. The summed E-state index contributed by atoms with van der Waals surface area (Å²) in [5.74, 6) is -0.214. The van der Waals surface area contributed by atoms with Crippen molar-refractivity contribution in [3.63, 3.8) is 0 Å². The summed E-state index contributed by atoms with van der Waals surface area (Å²) in [6.45, 7) is 1.06. The van der Waals surface area contributed by atoms with Gasteiger partial charge in [0.05, 0.1) is 19.6 Å². The first kappa shape index (κ1) is 25.5. The SMILES string of the molecule is COc1cc(CN(C2CC(C(=O)O)C2)C2CCc3cc(Cl)ccc32)ccc1OCCN1C(=O)CCC1=O. The molecule has 0 bridgehead atoms. The number of halogens is 1. The molecule has 2 aliphatic carbocycles. The molecule has 1 aliphatic heterocycles. The van der Waals surface area contributed by atoms with Crippen LogP contribution >= 0.6 is 11.6 Å². The molecule has 0 spiro atoms. The highest BCUT2D eigenvalue weighted by Gasteiger charge is 2.42. The molecule has 3 aliphatic rings. The van der Waals surface area contributed by atoms with Crippen LogP contribution in [-0.4, -0.2) is 59.0 Å². The van der Waals surface area contributed by atoms with Gasteiger partial charge in [0, 0.05) is 36.5 Å². The number of imide groups is 1. The van der Waals surface area contributed by atoms with Gasteiger partial charge in [0.1, 0.15) is 6.61 Å². The summed E-state index contributed by atoms with van der Waals surface area (Å²) >= 11 is 6.23. The molecule has 2 amide bonds. The average molecular weight is 527 g/mol. The van der Waals surface area contributed by atoms with Gasteiger partial charge < -0.3 is 14.6 Å². The van der Waals surface area contributed by atoms with E-state index in [1.54, 1.807) is 7.11 Å². The molecule has 1 saturated carbocycles. The lowest BCUT2D eigenvalue weighted by Gasteiger charge is -2.44. The number of nitrogens with zero attached hydrogens (tertiary/aromatic N) is 2. The van der Waals surface area contributed by atoms with Crippen LogP contribution in [0.2, 0.25) is 5.02 Å². The van der Waals surface area contributed by atoms with Crippen molar-refractivity contribution in [1.29, 1.82) is 0 Å². The summed E-state index contributed by atoms with van der Waals surface area (Å²) in [4.78, 5) is 38.8. The Bertz CT molecular complexity index is 1200. The first-order valence-corrected chi connectivity index (χ1v) is 13.1. The number of fused-ring (bicyclic) bond motifs is 1. The van der Waals surface area contributed by atoms with Crippen molar-refractivity contribution in [2.24, 2.45) is 5.92 Å². The number of benzene rings is 2. The number of carbonyl (C=O) groups excluding carboxylic acids is 2. The predicted molar refractivity (Wildman–Crippen MR) is 137 cm³/mol. The molecule has 9 heteroatoms. The van der Waals surface area contributed by atoms with Crippen molar-refractivity contribution in [3.8, 4) is 11.5 Å². The van der Waals surface area contributed by atoms with Crippen LogP contribution in [0.5, 0.6) is 11.5 Å². The van der Waals surface area contributed by atoms with E-state index in [1.165, 1.54) is 16.0 Å². The van der Waals surface area contributed by atoms with Gasteiger partial charge in [-0.15, -0.1) is 0 Å². The van der Waals surface area contributed by atoms with Gasteiger partial charge in [-0.25, -0.2) is 0 Å². The van der Waals surface area contributed by atoms with E-state index in [1.807, 2.05) is 30.3 Å². The van der Waals surface area contributed by atoms with Gasteiger partial charge in [-0.2, -0.15) is 0 Å². The summed E-state index contributed by atoms with van der Waals surface area (Å²) in [5, 5.41) is 10.2. The smallest absolute Gasteiger partial charge is 0.306 e. The van der Waals surface area contributed by atoms with Gasteiger partial charge in [0.15, 0.2) is 11.5 Å². The van der Waals surface area contributed by atoms with Gasteiger partial charge in [0.2, 0.25) is 11.8 Å². The maximum absolute atomic E-state index is 11.8. The van der Waals surface area contributed by atoms with Crippen LogP contribution in [0.25, 0.3) is 0 Å².